The molecule has 0 fully saturated rings. The summed E-state index contributed by atoms with van der Waals surface area (Å²) < 4.78 is 5.34. The molecule has 0 aliphatic carbocycles. The van der Waals surface area contributed by atoms with Crippen LogP contribution in [0.2, 0.25) is 5.02 Å². The SMILES string of the molecule is CC(c1ccco1)N(C)C(=O)CSCc1ccc(Cl)cc1. The number of nitrogens with zero attached hydrogens (tertiary/aromatic N) is 1. The van der Waals surface area contributed by atoms with Gasteiger partial charge in [-0.3, -0.25) is 4.79 Å². The molecule has 0 radical (unpaired) electrons. The average molecular weight is 324 g/mol. The number of hydrogen-bond acceptors (Lipinski definition) is 3. The number of carbonyl (C=O) groups excluding carboxylic acids is 1. The Kier molecular flexibility index (Phi) is 5.76. The van der Waals surface area contributed by atoms with E-state index >= 15 is 0 Å². The monoisotopic (exact) mass is 323 g/mol. The number of halogens is 1. The normalized spacial score (nSPS) is 12.1. The minimum atomic E-state index is -0.0522. The van der Waals surface area contributed by atoms with E-state index in [9.17, 15) is 4.79 Å². The van der Waals surface area contributed by atoms with Gasteiger partial charge < -0.3 is 9.32 Å². The third-order valence-electron chi connectivity index (χ3n) is 3.34. The van der Waals surface area contributed by atoms with E-state index in [-0.39, 0.29) is 11.9 Å². The summed E-state index contributed by atoms with van der Waals surface area (Å²) in [5.41, 5.74) is 1.17. The fraction of sp³-hybridized carbons (Fsp3) is 0.312. The molecule has 1 atom stereocenters. The Labute approximate surface area is 134 Å². The number of thioether (sulfide) groups is 1. The number of hydrogen-bond donors (Lipinski definition) is 0. The first kappa shape index (κ1) is 16.0. The van der Waals surface area contributed by atoms with Gasteiger partial charge >= 0.3 is 0 Å². The minimum absolute atomic E-state index is 0.0522. The zero-order valence-electron chi connectivity index (χ0n) is 12.1. The Bertz CT molecular complexity index is 568. The summed E-state index contributed by atoms with van der Waals surface area (Å²) in [5, 5.41) is 0.729. The van der Waals surface area contributed by atoms with Crippen molar-refractivity contribution in [3.05, 3.63) is 59.0 Å². The molecular formula is C16H18ClNO2S. The summed E-state index contributed by atoms with van der Waals surface area (Å²) in [6.45, 7) is 1.96. The Morgan fingerprint density at radius 2 is 2.05 bits per heavy atom. The van der Waals surface area contributed by atoms with Crippen molar-refractivity contribution in [1.82, 2.24) is 4.90 Å². The van der Waals surface area contributed by atoms with Gasteiger partial charge in [0.05, 0.1) is 18.1 Å². The van der Waals surface area contributed by atoms with Crippen molar-refractivity contribution in [2.75, 3.05) is 12.8 Å². The molecule has 5 heteroatoms. The molecule has 1 aromatic carbocycles. The molecule has 112 valence electrons. The quantitative estimate of drug-likeness (QED) is 0.790. The van der Waals surface area contributed by atoms with Gasteiger partial charge in [-0.2, -0.15) is 0 Å². The highest BCUT2D eigenvalue weighted by Gasteiger charge is 2.19. The van der Waals surface area contributed by atoms with Crippen LogP contribution < -0.4 is 0 Å². The summed E-state index contributed by atoms with van der Waals surface area (Å²) in [6, 6.07) is 11.4. The van der Waals surface area contributed by atoms with Gasteiger partial charge in [-0.15, -0.1) is 11.8 Å². The molecule has 0 saturated carbocycles. The Morgan fingerprint density at radius 1 is 1.33 bits per heavy atom. The highest BCUT2D eigenvalue weighted by molar-refractivity contribution is 7.99. The van der Waals surface area contributed by atoms with E-state index in [0.717, 1.165) is 16.5 Å². The first-order valence-electron chi connectivity index (χ1n) is 6.69. The van der Waals surface area contributed by atoms with E-state index in [1.54, 1.807) is 30.0 Å². The lowest BCUT2D eigenvalue weighted by Crippen LogP contribution is -2.30. The molecule has 0 N–H and O–H groups in total. The van der Waals surface area contributed by atoms with Crippen molar-refractivity contribution >= 4 is 29.3 Å². The molecule has 1 heterocycles. The van der Waals surface area contributed by atoms with Gasteiger partial charge in [0.15, 0.2) is 0 Å². The first-order valence-corrected chi connectivity index (χ1v) is 8.22. The highest BCUT2D eigenvalue weighted by Crippen LogP contribution is 2.21. The van der Waals surface area contributed by atoms with E-state index in [2.05, 4.69) is 0 Å². The second-order valence-corrected chi connectivity index (χ2v) is 6.24. The maximum atomic E-state index is 12.2. The van der Waals surface area contributed by atoms with Crippen LogP contribution >= 0.6 is 23.4 Å². The maximum absolute atomic E-state index is 12.2. The molecule has 1 aromatic heterocycles. The zero-order chi connectivity index (χ0) is 15.2. The van der Waals surface area contributed by atoms with Gasteiger partial charge in [0.2, 0.25) is 5.91 Å². The van der Waals surface area contributed by atoms with Crippen LogP contribution in [0.25, 0.3) is 0 Å². The van der Waals surface area contributed by atoms with Crippen LogP contribution in [0.1, 0.15) is 24.3 Å². The second kappa shape index (κ2) is 7.57. The molecule has 2 rings (SSSR count). The van der Waals surface area contributed by atoms with E-state index < -0.39 is 0 Å². The molecule has 0 spiro atoms. The van der Waals surface area contributed by atoms with Crippen molar-refractivity contribution in [2.24, 2.45) is 0 Å². The molecule has 0 bridgehead atoms. The molecule has 1 unspecified atom stereocenters. The number of rotatable bonds is 6. The molecular weight excluding hydrogens is 306 g/mol. The molecule has 21 heavy (non-hydrogen) atoms. The Hall–Kier alpha value is -1.39. The number of amides is 1. The van der Waals surface area contributed by atoms with Crippen LogP contribution in [0.15, 0.2) is 47.1 Å². The molecule has 0 saturated heterocycles. The fourth-order valence-corrected chi connectivity index (χ4v) is 2.91. The zero-order valence-corrected chi connectivity index (χ0v) is 13.7. The van der Waals surface area contributed by atoms with E-state index in [4.69, 9.17) is 16.0 Å². The Morgan fingerprint density at radius 3 is 2.67 bits per heavy atom. The van der Waals surface area contributed by atoms with Crippen LogP contribution in [-0.2, 0) is 10.5 Å². The van der Waals surface area contributed by atoms with Gasteiger partial charge in [0.1, 0.15) is 5.76 Å². The number of furan rings is 1. The van der Waals surface area contributed by atoms with Gasteiger partial charge in [-0.1, -0.05) is 23.7 Å². The fourth-order valence-electron chi connectivity index (χ4n) is 1.87. The maximum Gasteiger partial charge on any atom is 0.232 e. The summed E-state index contributed by atoms with van der Waals surface area (Å²) in [6.07, 6.45) is 1.62. The minimum Gasteiger partial charge on any atom is -0.467 e. The summed E-state index contributed by atoms with van der Waals surface area (Å²) in [7, 11) is 1.80. The van der Waals surface area contributed by atoms with Crippen molar-refractivity contribution in [2.45, 2.75) is 18.7 Å². The molecule has 0 aliphatic heterocycles. The van der Waals surface area contributed by atoms with Crippen LogP contribution in [0.5, 0.6) is 0 Å². The predicted molar refractivity (Wildman–Crippen MR) is 87.5 cm³/mol. The largest absolute Gasteiger partial charge is 0.467 e. The van der Waals surface area contributed by atoms with Gasteiger partial charge in [0.25, 0.3) is 0 Å². The van der Waals surface area contributed by atoms with Crippen LogP contribution in [0, 0.1) is 0 Å². The lowest BCUT2D eigenvalue weighted by molar-refractivity contribution is -0.129. The molecule has 1 amide bonds. The van der Waals surface area contributed by atoms with E-state index in [1.807, 2.05) is 43.3 Å². The average Bonchev–Trinajstić information content (AvgIpc) is 3.02. The molecule has 3 nitrogen and oxygen atoms in total. The summed E-state index contributed by atoms with van der Waals surface area (Å²) in [5.74, 6) is 2.14. The van der Waals surface area contributed by atoms with Crippen LogP contribution in [0.3, 0.4) is 0 Å². The number of benzene rings is 1. The van der Waals surface area contributed by atoms with Gasteiger partial charge in [-0.05, 0) is 36.8 Å². The highest BCUT2D eigenvalue weighted by atomic mass is 35.5. The lowest BCUT2D eigenvalue weighted by atomic mass is 10.2. The second-order valence-electron chi connectivity index (χ2n) is 4.82. The smallest absolute Gasteiger partial charge is 0.232 e. The predicted octanol–water partition coefficient (Wildman–Crippen LogP) is 4.39. The van der Waals surface area contributed by atoms with Crippen molar-refractivity contribution < 1.29 is 9.21 Å². The van der Waals surface area contributed by atoms with Crippen molar-refractivity contribution in [1.29, 1.82) is 0 Å². The van der Waals surface area contributed by atoms with Crippen LogP contribution in [0.4, 0.5) is 0 Å². The van der Waals surface area contributed by atoms with Gasteiger partial charge in [-0.25, -0.2) is 0 Å². The molecule has 2 aromatic rings. The molecule has 0 aliphatic rings. The lowest BCUT2D eigenvalue weighted by Gasteiger charge is -2.23. The van der Waals surface area contributed by atoms with E-state index in [1.165, 1.54) is 5.56 Å². The topological polar surface area (TPSA) is 33.5 Å². The third-order valence-corrected chi connectivity index (χ3v) is 4.58. The summed E-state index contributed by atoms with van der Waals surface area (Å²) >= 11 is 7.44. The Balaban J connectivity index is 1.80. The third kappa shape index (κ3) is 4.55. The summed E-state index contributed by atoms with van der Waals surface area (Å²) in [4.78, 5) is 13.9. The van der Waals surface area contributed by atoms with Gasteiger partial charge in [0, 0.05) is 17.8 Å². The van der Waals surface area contributed by atoms with Crippen LogP contribution in [-0.4, -0.2) is 23.6 Å². The number of carbonyl (C=O) groups is 1. The first-order chi connectivity index (χ1) is 10.1. The van der Waals surface area contributed by atoms with Crippen molar-refractivity contribution in [3.63, 3.8) is 0 Å². The van der Waals surface area contributed by atoms with E-state index in [0.29, 0.717) is 5.75 Å². The standard InChI is InChI=1S/C16H18ClNO2S/c1-12(15-4-3-9-20-15)18(2)16(19)11-21-10-13-5-7-14(17)8-6-13/h3-9,12H,10-11H2,1-2H3. The van der Waals surface area contributed by atoms with Crippen molar-refractivity contribution in [3.8, 4) is 0 Å².